The molecule has 1 aromatic heterocycles. The number of nitrogens with one attached hydrogen (secondary N) is 1. The van der Waals surface area contributed by atoms with E-state index in [1.54, 1.807) is 31.2 Å². The van der Waals surface area contributed by atoms with Gasteiger partial charge in [0.25, 0.3) is 0 Å². The fourth-order valence-corrected chi connectivity index (χ4v) is 2.53. The normalized spacial score (nSPS) is 12.6. The van der Waals surface area contributed by atoms with E-state index in [4.69, 9.17) is 4.74 Å². The molecule has 0 radical (unpaired) electrons. The average Bonchev–Trinajstić information content (AvgIpc) is 2.88. The van der Waals surface area contributed by atoms with Crippen molar-refractivity contribution in [2.45, 2.75) is 13.0 Å². The SMILES string of the molecule is C[C@@H](Oc1ccccc1)C(=O)N=Nc1c(O)[nH]c2ccc(Br)cc12. The van der Waals surface area contributed by atoms with E-state index < -0.39 is 12.0 Å². The number of carbonyl (C=O) groups is 1. The van der Waals surface area contributed by atoms with E-state index in [0.717, 1.165) is 4.47 Å². The number of hydrogen-bond donors (Lipinski definition) is 2. The molecule has 7 heteroatoms. The maximum atomic E-state index is 12.1. The first-order valence-electron chi connectivity index (χ1n) is 7.22. The first-order chi connectivity index (χ1) is 11.5. The van der Waals surface area contributed by atoms with Crippen molar-refractivity contribution in [3.8, 4) is 11.6 Å². The Morgan fingerprint density at radius 1 is 1.25 bits per heavy atom. The minimum absolute atomic E-state index is 0.142. The maximum Gasteiger partial charge on any atom is 0.304 e. The van der Waals surface area contributed by atoms with Crippen LogP contribution in [0.15, 0.2) is 63.2 Å². The standard InChI is InChI=1S/C17H14BrN3O3/c1-10(24-12-5-3-2-4-6-12)16(22)21-20-15-13-9-11(18)7-8-14(13)19-17(15)23/h2-10,19,23H,1H3/t10-/m1/s1. The highest BCUT2D eigenvalue weighted by Crippen LogP contribution is 2.36. The number of ether oxygens (including phenoxy) is 1. The van der Waals surface area contributed by atoms with Crippen LogP contribution in [0, 0.1) is 0 Å². The molecule has 1 atom stereocenters. The fourth-order valence-electron chi connectivity index (χ4n) is 2.17. The first-order valence-corrected chi connectivity index (χ1v) is 8.01. The van der Waals surface area contributed by atoms with Gasteiger partial charge in [-0.15, -0.1) is 10.2 Å². The van der Waals surface area contributed by atoms with Gasteiger partial charge in [0.05, 0.1) is 5.52 Å². The van der Waals surface area contributed by atoms with Crippen LogP contribution in [0.2, 0.25) is 0 Å². The summed E-state index contributed by atoms with van der Waals surface area (Å²) in [4.78, 5) is 14.9. The molecule has 1 amide bonds. The maximum absolute atomic E-state index is 12.1. The van der Waals surface area contributed by atoms with Crippen LogP contribution in [0.3, 0.4) is 0 Å². The van der Waals surface area contributed by atoms with Gasteiger partial charge in [-0.2, -0.15) is 0 Å². The molecule has 0 aliphatic carbocycles. The van der Waals surface area contributed by atoms with Crippen LogP contribution in [0.5, 0.6) is 11.6 Å². The van der Waals surface area contributed by atoms with Crippen molar-refractivity contribution < 1.29 is 14.6 Å². The van der Waals surface area contributed by atoms with Crippen LogP contribution in [0.1, 0.15) is 6.92 Å². The second-order valence-electron chi connectivity index (χ2n) is 5.12. The molecular weight excluding hydrogens is 374 g/mol. The number of aromatic nitrogens is 1. The Morgan fingerprint density at radius 2 is 2.00 bits per heavy atom. The van der Waals surface area contributed by atoms with Crippen LogP contribution >= 0.6 is 15.9 Å². The molecule has 3 aromatic rings. The molecule has 0 unspecified atom stereocenters. The molecule has 0 saturated heterocycles. The van der Waals surface area contributed by atoms with Gasteiger partial charge in [-0.3, -0.25) is 4.79 Å². The molecule has 0 aliphatic rings. The number of fused-ring (bicyclic) bond motifs is 1. The van der Waals surface area contributed by atoms with Crippen molar-refractivity contribution in [1.82, 2.24) is 4.98 Å². The molecule has 3 rings (SSSR count). The third-order valence-corrected chi connectivity index (χ3v) is 3.86. The third kappa shape index (κ3) is 3.46. The highest BCUT2D eigenvalue weighted by molar-refractivity contribution is 9.10. The van der Waals surface area contributed by atoms with Crippen molar-refractivity contribution >= 4 is 38.4 Å². The Labute approximate surface area is 146 Å². The van der Waals surface area contributed by atoms with Crippen molar-refractivity contribution in [3.05, 3.63) is 53.0 Å². The van der Waals surface area contributed by atoms with Gasteiger partial charge in [-0.25, -0.2) is 0 Å². The number of hydrogen-bond acceptors (Lipinski definition) is 4. The minimum Gasteiger partial charge on any atom is -0.493 e. The largest absolute Gasteiger partial charge is 0.493 e. The number of nitrogens with zero attached hydrogens (tertiary/aromatic N) is 2. The molecule has 2 aromatic carbocycles. The van der Waals surface area contributed by atoms with Crippen LogP contribution in [0.4, 0.5) is 5.69 Å². The number of aromatic amines is 1. The summed E-state index contributed by atoms with van der Waals surface area (Å²) in [5.41, 5.74) is 0.914. The summed E-state index contributed by atoms with van der Waals surface area (Å²) in [5.74, 6) is -0.105. The molecule has 0 fully saturated rings. The van der Waals surface area contributed by atoms with Crippen molar-refractivity contribution in [2.75, 3.05) is 0 Å². The quantitative estimate of drug-likeness (QED) is 0.635. The van der Waals surface area contributed by atoms with E-state index in [1.807, 2.05) is 24.3 Å². The number of H-pyrrole nitrogens is 1. The molecule has 0 saturated carbocycles. The number of carbonyl (C=O) groups excluding carboxylic acids is 1. The number of rotatable bonds is 4. The molecule has 0 aliphatic heterocycles. The van der Waals surface area contributed by atoms with E-state index >= 15 is 0 Å². The Kier molecular flexibility index (Phi) is 4.61. The van der Waals surface area contributed by atoms with E-state index in [0.29, 0.717) is 16.7 Å². The molecule has 6 nitrogen and oxygen atoms in total. The van der Waals surface area contributed by atoms with Crippen molar-refractivity contribution in [1.29, 1.82) is 0 Å². The van der Waals surface area contributed by atoms with Crippen molar-refractivity contribution in [3.63, 3.8) is 0 Å². The van der Waals surface area contributed by atoms with Crippen LogP contribution in [0.25, 0.3) is 10.9 Å². The number of benzene rings is 2. The van der Waals surface area contributed by atoms with Gasteiger partial charge in [0.1, 0.15) is 5.75 Å². The number of amides is 1. The lowest BCUT2D eigenvalue weighted by molar-refractivity contribution is -0.124. The lowest BCUT2D eigenvalue weighted by Crippen LogP contribution is -2.21. The van der Waals surface area contributed by atoms with Gasteiger partial charge in [0.15, 0.2) is 11.8 Å². The number of azo groups is 1. The third-order valence-electron chi connectivity index (χ3n) is 3.37. The Hall–Kier alpha value is -2.67. The van der Waals surface area contributed by atoms with E-state index in [9.17, 15) is 9.90 Å². The van der Waals surface area contributed by atoms with Crippen LogP contribution in [-0.2, 0) is 4.79 Å². The molecule has 0 bridgehead atoms. The van der Waals surface area contributed by atoms with Crippen LogP contribution < -0.4 is 4.74 Å². The zero-order chi connectivity index (χ0) is 17.1. The van der Waals surface area contributed by atoms with Crippen LogP contribution in [-0.4, -0.2) is 22.1 Å². The molecular formula is C17H14BrN3O3. The second kappa shape index (κ2) is 6.84. The number of para-hydroxylation sites is 1. The smallest absolute Gasteiger partial charge is 0.304 e. The summed E-state index contributed by atoms with van der Waals surface area (Å²) in [5, 5.41) is 18.2. The number of aromatic hydroxyl groups is 1. The molecule has 122 valence electrons. The summed E-state index contributed by atoms with van der Waals surface area (Å²) >= 11 is 3.36. The predicted octanol–water partition coefficient (Wildman–Crippen LogP) is 4.71. The van der Waals surface area contributed by atoms with Gasteiger partial charge in [0.2, 0.25) is 5.88 Å². The highest BCUT2D eigenvalue weighted by atomic mass is 79.9. The molecule has 2 N–H and O–H groups in total. The van der Waals surface area contributed by atoms with Gasteiger partial charge in [-0.05, 0) is 37.3 Å². The Bertz CT molecular complexity index is 906. The summed E-state index contributed by atoms with van der Waals surface area (Å²) in [6, 6.07) is 14.4. The van der Waals surface area contributed by atoms with E-state index in [-0.39, 0.29) is 11.6 Å². The van der Waals surface area contributed by atoms with Gasteiger partial charge < -0.3 is 14.8 Å². The fraction of sp³-hybridized carbons (Fsp3) is 0.118. The van der Waals surface area contributed by atoms with Crippen molar-refractivity contribution in [2.24, 2.45) is 10.2 Å². The van der Waals surface area contributed by atoms with E-state index in [1.165, 1.54) is 0 Å². The summed E-state index contributed by atoms with van der Waals surface area (Å²) < 4.78 is 6.33. The minimum atomic E-state index is -0.782. The summed E-state index contributed by atoms with van der Waals surface area (Å²) in [7, 11) is 0. The average molecular weight is 388 g/mol. The lowest BCUT2D eigenvalue weighted by atomic mass is 10.2. The Morgan fingerprint density at radius 3 is 2.75 bits per heavy atom. The Balaban J connectivity index is 1.79. The van der Waals surface area contributed by atoms with E-state index in [2.05, 4.69) is 31.1 Å². The lowest BCUT2D eigenvalue weighted by Gasteiger charge is -2.10. The monoisotopic (exact) mass is 387 g/mol. The first kappa shape index (κ1) is 16.2. The molecule has 0 spiro atoms. The second-order valence-corrected chi connectivity index (χ2v) is 6.04. The summed E-state index contributed by atoms with van der Waals surface area (Å²) in [6.45, 7) is 1.60. The highest BCUT2D eigenvalue weighted by Gasteiger charge is 2.16. The van der Waals surface area contributed by atoms with Gasteiger partial charge in [-0.1, -0.05) is 34.1 Å². The topological polar surface area (TPSA) is 87.0 Å². The van der Waals surface area contributed by atoms with Gasteiger partial charge in [0, 0.05) is 9.86 Å². The number of halogens is 1. The predicted molar refractivity (Wildman–Crippen MR) is 93.7 cm³/mol. The molecule has 1 heterocycles. The molecule has 24 heavy (non-hydrogen) atoms. The zero-order valence-corrected chi connectivity index (χ0v) is 14.3. The van der Waals surface area contributed by atoms with Gasteiger partial charge >= 0.3 is 5.91 Å². The summed E-state index contributed by atoms with van der Waals surface area (Å²) in [6.07, 6.45) is -0.782. The zero-order valence-electron chi connectivity index (χ0n) is 12.7.